The summed E-state index contributed by atoms with van der Waals surface area (Å²) in [5.74, 6) is 1.02. The molecule has 0 saturated heterocycles. The number of fused-ring (bicyclic) bond motifs is 1. The van der Waals surface area contributed by atoms with Crippen LogP contribution in [0.3, 0.4) is 0 Å². The highest BCUT2D eigenvalue weighted by Crippen LogP contribution is 2.50. The van der Waals surface area contributed by atoms with Crippen molar-refractivity contribution in [2.24, 2.45) is 0 Å². The number of methoxy groups -OCH3 is 2. The van der Waals surface area contributed by atoms with E-state index in [0.29, 0.717) is 17.9 Å². The Hall–Kier alpha value is -3.65. The Balaban J connectivity index is 1.66. The maximum absolute atomic E-state index is 13.5. The highest BCUT2D eigenvalue weighted by molar-refractivity contribution is 7.10. The third-order valence-electron chi connectivity index (χ3n) is 6.33. The fourth-order valence-electron chi connectivity index (χ4n) is 4.80. The Morgan fingerprint density at radius 3 is 2.42 bits per heavy atom. The summed E-state index contributed by atoms with van der Waals surface area (Å²) in [7, 11) is 3.16. The van der Waals surface area contributed by atoms with E-state index in [1.165, 1.54) is 17.0 Å². The molecule has 7 nitrogen and oxygen atoms in total. The van der Waals surface area contributed by atoms with Crippen molar-refractivity contribution in [2.45, 2.75) is 24.7 Å². The lowest BCUT2D eigenvalue weighted by Crippen LogP contribution is -2.29. The lowest BCUT2D eigenvalue weighted by molar-refractivity contribution is -0.384. The molecule has 0 radical (unpaired) electrons. The predicted octanol–water partition coefficient (Wildman–Crippen LogP) is 5.63. The standard InChI is InChI=1S/C25H22N2O5S/c1-31-21-12-17-18(13-22(21)32-2)26-19-10-15(23-4-3-9-33-23)11-20(28)25(19)24(17)14-5-7-16(8-6-14)27(29)30/h3-9,12-13,15,24,26H,10-11H2,1-2H3/t15-,24+/m1/s1. The predicted molar refractivity (Wildman–Crippen MR) is 126 cm³/mol. The summed E-state index contributed by atoms with van der Waals surface area (Å²) in [4.78, 5) is 25.5. The number of benzene rings is 2. The second kappa shape index (κ2) is 8.37. The van der Waals surface area contributed by atoms with Gasteiger partial charge in [-0.1, -0.05) is 18.2 Å². The number of nitro benzene ring substituents is 1. The van der Waals surface area contributed by atoms with Gasteiger partial charge in [0.2, 0.25) is 0 Å². The lowest BCUT2D eigenvalue weighted by Gasteiger charge is -2.36. The zero-order valence-electron chi connectivity index (χ0n) is 18.2. The number of carbonyl (C=O) groups excluding carboxylic acids is 1. The molecule has 33 heavy (non-hydrogen) atoms. The molecule has 0 bridgehead atoms. The van der Waals surface area contributed by atoms with E-state index < -0.39 is 4.92 Å². The van der Waals surface area contributed by atoms with Crippen molar-refractivity contribution in [1.29, 1.82) is 0 Å². The molecule has 8 heteroatoms. The largest absolute Gasteiger partial charge is 0.493 e. The Labute approximate surface area is 194 Å². The van der Waals surface area contributed by atoms with Crippen molar-refractivity contribution in [3.8, 4) is 11.5 Å². The quantitative estimate of drug-likeness (QED) is 0.390. The summed E-state index contributed by atoms with van der Waals surface area (Å²) in [5, 5.41) is 16.7. The first kappa shape index (κ1) is 21.2. The van der Waals surface area contributed by atoms with Gasteiger partial charge in [0.1, 0.15) is 0 Å². The number of ether oxygens (including phenoxy) is 2. The summed E-state index contributed by atoms with van der Waals surface area (Å²) < 4.78 is 11.0. The van der Waals surface area contributed by atoms with Crippen LogP contribution in [-0.4, -0.2) is 24.9 Å². The molecule has 2 aromatic carbocycles. The van der Waals surface area contributed by atoms with Crippen molar-refractivity contribution >= 4 is 28.5 Å². The van der Waals surface area contributed by atoms with E-state index in [-0.39, 0.29) is 23.3 Å². The highest BCUT2D eigenvalue weighted by Gasteiger charge is 2.39. The van der Waals surface area contributed by atoms with Gasteiger partial charge in [-0.25, -0.2) is 0 Å². The molecular weight excluding hydrogens is 440 g/mol. The van der Waals surface area contributed by atoms with E-state index in [1.54, 1.807) is 37.7 Å². The number of nitrogens with zero attached hydrogens (tertiary/aromatic N) is 1. The average molecular weight is 463 g/mol. The van der Waals surface area contributed by atoms with Gasteiger partial charge in [-0.3, -0.25) is 14.9 Å². The molecular formula is C25H22N2O5S. The van der Waals surface area contributed by atoms with E-state index in [0.717, 1.165) is 34.5 Å². The van der Waals surface area contributed by atoms with Gasteiger partial charge in [-0.2, -0.15) is 0 Å². The van der Waals surface area contributed by atoms with Crippen molar-refractivity contribution in [1.82, 2.24) is 0 Å². The second-order valence-electron chi connectivity index (χ2n) is 8.14. The molecule has 0 spiro atoms. The molecule has 0 saturated carbocycles. The molecule has 0 amide bonds. The third kappa shape index (κ3) is 3.66. The van der Waals surface area contributed by atoms with Crippen molar-refractivity contribution in [2.75, 3.05) is 19.5 Å². The molecule has 0 fully saturated rings. The number of hydrogen-bond donors (Lipinski definition) is 1. The number of rotatable bonds is 5. The minimum Gasteiger partial charge on any atom is -0.493 e. The van der Waals surface area contributed by atoms with Gasteiger partial charge >= 0.3 is 0 Å². The molecule has 2 aliphatic rings. The number of nitrogens with one attached hydrogen (secondary N) is 1. The summed E-state index contributed by atoms with van der Waals surface area (Å²) in [6.45, 7) is 0. The zero-order chi connectivity index (χ0) is 23.1. The van der Waals surface area contributed by atoms with Crippen LogP contribution in [0.15, 0.2) is 65.2 Å². The van der Waals surface area contributed by atoms with Crippen LogP contribution in [0.4, 0.5) is 11.4 Å². The van der Waals surface area contributed by atoms with E-state index in [2.05, 4.69) is 11.4 Å². The number of anilines is 1. The number of Topliss-reactive ketones (excluding diaryl/α,β-unsaturated/α-hetero) is 1. The number of hydrogen-bond acceptors (Lipinski definition) is 7. The van der Waals surface area contributed by atoms with Crippen molar-refractivity contribution in [3.05, 3.63) is 91.3 Å². The Morgan fingerprint density at radius 1 is 1.06 bits per heavy atom. The van der Waals surface area contributed by atoms with Crippen molar-refractivity contribution in [3.63, 3.8) is 0 Å². The first-order chi connectivity index (χ1) is 16.0. The van der Waals surface area contributed by atoms with Gasteiger partial charge in [0.25, 0.3) is 5.69 Å². The van der Waals surface area contributed by atoms with Gasteiger partial charge in [0, 0.05) is 58.3 Å². The van der Waals surface area contributed by atoms with Gasteiger partial charge in [0.05, 0.1) is 19.1 Å². The fourth-order valence-corrected chi connectivity index (χ4v) is 5.63. The van der Waals surface area contributed by atoms with E-state index >= 15 is 0 Å². The van der Waals surface area contributed by atoms with E-state index in [1.807, 2.05) is 23.6 Å². The molecule has 5 rings (SSSR count). The number of carbonyl (C=O) groups is 1. The molecule has 2 heterocycles. The monoisotopic (exact) mass is 462 g/mol. The first-order valence-corrected chi connectivity index (χ1v) is 11.4. The van der Waals surface area contributed by atoms with Gasteiger partial charge in [0.15, 0.2) is 17.3 Å². The van der Waals surface area contributed by atoms with E-state index in [4.69, 9.17) is 9.47 Å². The molecule has 1 aliphatic heterocycles. The van der Waals surface area contributed by atoms with E-state index in [9.17, 15) is 14.9 Å². The van der Waals surface area contributed by atoms with Crippen LogP contribution in [0.2, 0.25) is 0 Å². The average Bonchev–Trinajstić information content (AvgIpc) is 3.37. The number of ketones is 1. The third-order valence-corrected chi connectivity index (χ3v) is 7.37. The topological polar surface area (TPSA) is 90.7 Å². The first-order valence-electron chi connectivity index (χ1n) is 10.6. The molecule has 0 unspecified atom stereocenters. The van der Waals surface area contributed by atoms with Crippen LogP contribution in [0.25, 0.3) is 0 Å². The molecule has 1 aromatic heterocycles. The summed E-state index contributed by atoms with van der Waals surface area (Å²) in [5.41, 5.74) is 4.18. The fraction of sp³-hybridized carbons (Fsp3) is 0.240. The van der Waals surface area contributed by atoms with Crippen LogP contribution in [0, 0.1) is 10.1 Å². The lowest BCUT2D eigenvalue weighted by atomic mass is 9.73. The number of thiophene rings is 1. The molecule has 3 aromatic rings. The minimum absolute atomic E-state index is 0.0159. The maximum atomic E-state index is 13.5. The molecule has 2 atom stereocenters. The molecule has 168 valence electrons. The summed E-state index contributed by atoms with van der Waals surface area (Å²) >= 11 is 1.67. The zero-order valence-corrected chi connectivity index (χ0v) is 19.0. The number of nitro groups is 1. The Bertz CT molecular complexity index is 1260. The highest BCUT2D eigenvalue weighted by atomic mass is 32.1. The van der Waals surface area contributed by atoms with Gasteiger partial charge < -0.3 is 14.8 Å². The van der Waals surface area contributed by atoms with Gasteiger partial charge in [-0.15, -0.1) is 11.3 Å². The maximum Gasteiger partial charge on any atom is 0.269 e. The van der Waals surface area contributed by atoms with Crippen molar-refractivity contribution < 1.29 is 19.2 Å². The van der Waals surface area contributed by atoms with Crippen LogP contribution in [0.1, 0.15) is 40.7 Å². The SMILES string of the molecule is COc1cc2c(cc1OC)[C@H](c1ccc([N+](=O)[O-])cc1)C1=C(C[C@@H](c3cccs3)CC1=O)N2. The van der Waals surface area contributed by atoms with Crippen LogP contribution in [0.5, 0.6) is 11.5 Å². The number of allylic oxidation sites excluding steroid dienone is 2. The Kier molecular flexibility index (Phi) is 5.38. The van der Waals surface area contributed by atoms with Crippen LogP contribution >= 0.6 is 11.3 Å². The minimum atomic E-state index is -0.421. The Morgan fingerprint density at radius 2 is 1.79 bits per heavy atom. The summed E-state index contributed by atoms with van der Waals surface area (Å²) in [6, 6.07) is 14.3. The normalized spacial score (nSPS) is 19.4. The second-order valence-corrected chi connectivity index (χ2v) is 9.12. The number of non-ortho nitro benzene ring substituents is 1. The summed E-state index contributed by atoms with van der Waals surface area (Å²) in [6.07, 6.45) is 1.16. The van der Waals surface area contributed by atoms with Gasteiger partial charge in [-0.05, 0) is 35.1 Å². The molecule has 1 aliphatic carbocycles. The molecule has 1 N–H and O–H groups in total. The smallest absolute Gasteiger partial charge is 0.269 e. The van der Waals surface area contributed by atoms with Crippen LogP contribution in [-0.2, 0) is 4.79 Å². The van der Waals surface area contributed by atoms with Crippen LogP contribution < -0.4 is 14.8 Å².